The van der Waals surface area contributed by atoms with Crippen LogP contribution in [0.2, 0.25) is 0 Å². The number of carbonyl (C=O) groups excluding carboxylic acids is 1. The lowest BCUT2D eigenvalue weighted by Crippen LogP contribution is -2.44. The molecule has 1 aromatic heterocycles. The number of aromatic nitrogens is 1. The molecule has 0 radical (unpaired) electrons. The van der Waals surface area contributed by atoms with Crippen molar-refractivity contribution in [1.82, 2.24) is 14.8 Å². The first-order valence-electron chi connectivity index (χ1n) is 10.4. The van der Waals surface area contributed by atoms with E-state index in [2.05, 4.69) is 45.1 Å². The summed E-state index contributed by atoms with van der Waals surface area (Å²) < 4.78 is 0. The molecule has 2 N–H and O–H groups in total. The van der Waals surface area contributed by atoms with Crippen LogP contribution in [-0.4, -0.2) is 62.5 Å². The summed E-state index contributed by atoms with van der Waals surface area (Å²) in [4.78, 5) is 39.8. The minimum absolute atomic E-state index is 0.190. The number of pyridine rings is 1. The minimum atomic E-state index is -1.82. The van der Waals surface area contributed by atoms with Crippen molar-refractivity contribution in [3.8, 4) is 0 Å². The maximum atomic E-state index is 12.9. The molecule has 0 saturated carbocycles. The first kappa shape index (κ1) is 22.4. The third kappa shape index (κ3) is 6.36. The van der Waals surface area contributed by atoms with Crippen molar-refractivity contribution in [1.29, 1.82) is 0 Å². The van der Waals surface area contributed by atoms with E-state index in [4.69, 9.17) is 19.8 Å². The normalized spacial score (nSPS) is 16.6. The zero-order valence-electron chi connectivity index (χ0n) is 17.3. The van der Waals surface area contributed by atoms with Crippen molar-refractivity contribution in [3.63, 3.8) is 0 Å². The Morgan fingerprint density at radius 3 is 2.23 bits per heavy atom. The highest BCUT2D eigenvalue weighted by molar-refractivity contribution is 6.27. The summed E-state index contributed by atoms with van der Waals surface area (Å²) in [7, 11) is 0. The molecular formula is C23H27N3O5. The van der Waals surface area contributed by atoms with E-state index in [1.54, 1.807) is 0 Å². The van der Waals surface area contributed by atoms with Crippen molar-refractivity contribution in [2.24, 2.45) is 5.92 Å². The second-order valence-electron chi connectivity index (χ2n) is 7.80. The van der Waals surface area contributed by atoms with Crippen molar-refractivity contribution >= 4 is 17.8 Å². The standard InChI is InChI=1S/C21H25N3O.C2H2O4/c25-21(24-13-9-18-5-1-2-6-20(18)16-24)19-7-11-23(12-8-19)15-17-4-3-10-22-14-17;3-1(4)2(5)6/h1-6,10,14,19H,7-9,11-13,15-16H2;(H,3,4)(H,5,6). The molecule has 2 aromatic rings. The van der Waals surface area contributed by atoms with Gasteiger partial charge in [-0.2, -0.15) is 0 Å². The number of likely N-dealkylation sites (tertiary alicyclic amines) is 1. The molecule has 2 aliphatic heterocycles. The molecule has 0 unspecified atom stereocenters. The number of rotatable bonds is 3. The first-order valence-corrected chi connectivity index (χ1v) is 10.4. The number of nitrogens with zero attached hydrogens (tertiary/aromatic N) is 3. The molecule has 4 rings (SSSR count). The van der Waals surface area contributed by atoms with Gasteiger partial charge >= 0.3 is 11.9 Å². The Bertz CT molecular complexity index is 898. The third-order valence-electron chi connectivity index (χ3n) is 5.69. The fourth-order valence-corrected chi connectivity index (χ4v) is 4.03. The Kier molecular flexibility index (Phi) is 7.72. The SMILES string of the molecule is O=C(C1CCN(Cc2cccnc2)CC1)N1CCc2ccccc2C1.O=C(O)C(=O)O. The summed E-state index contributed by atoms with van der Waals surface area (Å²) in [5.74, 6) is -3.10. The zero-order chi connectivity index (χ0) is 22.2. The fraction of sp³-hybridized carbons (Fsp3) is 0.391. The van der Waals surface area contributed by atoms with Crippen LogP contribution >= 0.6 is 0 Å². The molecule has 0 spiro atoms. The molecule has 0 bridgehead atoms. The van der Waals surface area contributed by atoms with Crippen LogP contribution in [0.15, 0.2) is 48.8 Å². The van der Waals surface area contributed by atoms with Gasteiger partial charge in [0.25, 0.3) is 0 Å². The molecular weight excluding hydrogens is 398 g/mol. The molecule has 2 aliphatic rings. The van der Waals surface area contributed by atoms with E-state index in [0.717, 1.165) is 52.0 Å². The Morgan fingerprint density at radius 2 is 1.61 bits per heavy atom. The number of amides is 1. The molecule has 1 amide bonds. The van der Waals surface area contributed by atoms with Crippen LogP contribution < -0.4 is 0 Å². The second kappa shape index (κ2) is 10.7. The molecule has 1 fully saturated rings. The van der Waals surface area contributed by atoms with E-state index in [1.807, 2.05) is 18.5 Å². The van der Waals surface area contributed by atoms with Gasteiger partial charge in [-0.05, 0) is 55.1 Å². The molecule has 8 nitrogen and oxygen atoms in total. The number of aliphatic carboxylic acids is 2. The van der Waals surface area contributed by atoms with Crippen LogP contribution in [0.1, 0.15) is 29.5 Å². The van der Waals surface area contributed by atoms with Gasteiger partial charge in [0.1, 0.15) is 0 Å². The quantitative estimate of drug-likeness (QED) is 0.724. The highest BCUT2D eigenvalue weighted by Crippen LogP contribution is 2.25. The van der Waals surface area contributed by atoms with Crippen LogP contribution in [0.4, 0.5) is 0 Å². The van der Waals surface area contributed by atoms with Crippen LogP contribution in [0.5, 0.6) is 0 Å². The van der Waals surface area contributed by atoms with E-state index in [9.17, 15) is 4.79 Å². The van der Waals surface area contributed by atoms with E-state index in [1.165, 1.54) is 16.7 Å². The maximum Gasteiger partial charge on any atom is 0.414 e. The monoisotopic (exact) mass is 425 g/mol. The number of hydrogen-bond donors (Lipinski definition) is 2. The van der Waals surface area contributed by atoms with E-state index in [0.29, 0.717) is 5.91 Å². The largest absolute Gasteiger partial charge is 0.473 e. The van der Waals surface area contributed by atoms with Crippen LogP contribution in [-0.2, 0) is 33.9 Å². The molecule has 8 heteroatoms. The van der Waals surface area contributed by atoms with Gasteiger partial charge in [-0.15, -0.1) is 0 Å². The summed E-state index contributed by atoms with van der Waals surface area (Å²) in [5.41, 5.74) is 3.97. The number of carboxylic acids is 2. The minimum Gasteiger partial charge on any atom is -0.473 e. The number of piperidine rings is 1. The van der Waals surface area contributed by atoms with Gasteiger partial charge in [0.2, 0.25) is 5.91 Å². The summed E-state index contributed by atoms with van der Waals surface area (Å²) in [6.45, 7) is 4.58. The van der Waals surface area contributed by atoms with Crippen molar-refractivity contribution in [3.05, 3.63) is 65.5 Å². The fourth-order valence-electron chi connectivity index (χ4n) is 4.03. The van der Waals surface area contributed by atoms with Gasteiger partial charge < -0.3 is 15.1 Å². The Balaban J connectivity index is 0.000000401. The van der Waals surface area contributed by atoms with Crippen molar-refractivity contribution < 1.29 is 24.6 Å². The van der Waals surface area contributed by atoms with E-state index >= 15 is 0 Å². The Morgan fingerprint density at radius 1 is 0.935 bits per heavy atom. The average Bonchev–Trinajstić information content (AvgIpc) is 2.80. The Labute approximate surface area is 181 Å². The third-order valence-corrected chi connectivity index (χ3v) is 5.69. The highest BCUT2D eigenvalue weighted by atomic mass is 16.4. The molecule has 1 aromatic carbocycles. The van der Waals surface area contributed by atoms with Gasteiger partial charge in [-0.25, -0.2) is 9.59 Å². The molecule has 3 heterocycles. The van der Waals surface area contributed by atoms with E-state index < -0.39 is 11.9 Å². The van der Waals surface area contributed by atoms with Gasteiger partial charge in [0.05, 0.1) is 0 Å². The van der Waals surface area contributed by atoms with Crippen molar-refractivity contribution in [2.45, 2.75) is 32.4 Å². The molecule has 164 valence electrons. The predicted molar refractivity (Wildman–Crippen MR) is 113 cm³/mol. The van der Waals surface area contributed by atoms with Crippen molar-refractivity contribution in [2.75, 3.05) is 19.6 Å². The summed E-state index contributed by atoms with van der Waals surface area (Å²) >= 11 is 0. The smallest absolute Gasteiger partial charge is 0.414 e. The second-order valence-corrected chi connectivity index (χ2v) is 7.80. The first-order chi connectivity index (χ1) is 14.9. The number of fused-ring (bicyclic) bond motifs is 1. The zero-order valence-corrected chi connectivity index (χ0v) is 17.3. The van der Waals surface area contributed by atoms with Crippen LogP contribution in [0, 0.1) is 5.92 Å². The summed E-state index contributed by atoms with van der Waals surface area (Å²) in [6.07, 6.45) is 6.67. The molecule has 1 saturated heterocycles. The number of carbonyl (C=O) groups is 3. The maximum absolute atomic E-state index is 12.9. The molecule has 0 aliphatic carbocycles. The number of hydrogen-bond acceptors (Lipinski definition) is 5. The summed E-state index contributed by atoms with van der Waals surface area (Å²) in [6, 6.07) is 12.6. The van der Waals surface area contributed by atoms with Gasteiger partial charge in [0.15, 0.2) is 0 Å². The van der Waals surface area contributed by atoms with Crippen LogP contribution in [0.3, 0.4) is 0 Å². The van der Waals surface area contributed by atoms with E-state index in [-0.39, 0.29) is 5.92 Å². The lowest BCUT2D eigenvalue weighted by Gasteiger charge is -2.36. The van der Waals surface area contributed by atoms with Gasteiger partial charge in [-0.1, -0.05) is 30.3 Å². The molecule has 0 atom stereocenters. The lowest BCUT2D eigenvalue weighted by atomic mass is 9.93. The number of benzene rings is 1. The Hall–Kier alpha value is -3.26. The average molecular weight is 425 g/mol. The summed E-state index contributed by atoms with van der Waals surface area (Å²) in [5, 5.41) is 14.8. The van der Waals surface area contributed by atoms with Gasteiger partial charge in [-0.3, -0.25) is 14.7 Å². The van der Waals surface area contributed by atoms with Crippen LogP contribution in [0.25, 0.3) is 0 Å². The predicted octanol–water partition coefficient (Wildman–Crippen LogP) is 2.03. The van der Waals surface area contributed by atoms with Gasteiger partial charge in [0, 0.05) is 37.9 Å². The topological polar surface area (TPSA) is 111 Å². The lowest BCUT2D eigenvalue weighted by molar-refractivity contribution is -0.159. The molecule has 31 heavy (non-hydrogen) atoms. The number of carboxylic acid groups (broad SMARTS) is 2. The highest BCUT2D eigenvalue weighted by Gasteiger charge is 2.30.